The first kappa shape index (κ1) is 12.4. The van der Waals surface area contributed by atoms with Crippen LogP contribution in [0.5, 0.6) is 0 Å². The maximum absolute atomic E-state index is 6.63. The van der Waals surface area contributed by atoms with Gasteiger partial charge in [-0.05, 0) is 44.7 Å². The van der Waals surface area contributed by atoms with Gasteiger partial charge in [0.2, 0.25) is 0 Å². The lowest BCUT2D eigenvalue weighted by Crippen LogP contribution is -2.61. The van der Waals surface area contributed by atoms with Gasteiger partial charge in [-0.15, -0.1) is 0 Å². The molecule has 0 heterocycles. The molecule has 0 aromatic heterocycles. The van der Waals surface area contributed by atoms with Gasteiger partial charge in [0.25, 0.3) is 0 Å². The van der Waals surface area contributed by atoms with Crippen LogP contribution in [0.4, 0.5) is 0 Å². The number of rotatable bonds is 5. The molecule has 0 aromatic carbocycles. The van der Waals surface area contributed by atoms with E-state index in [1.807, 2.05) is 0 Å². The Hall–Kier alpha value is -0.0800. The molecule has 2 aliphatic rings. The highest BCUT2D eigenvalue weighted by molar-refractivity contribution is 5.05. The van der Waals surface area contributed by atoms with Gasteiger partial charge in [0.1, 0.15) is 0 Å². The van der Waals surface area contributed by atoms with Gasteiger partial charge in [0.15, 0.2) is 0 Å². The Morgan fingerprint density at radius 2 is 1.69 bits per heavy atom. The molecule has 2 heteroatoms. The standard InChI is InChI=1S/C14H28N2/c1-3-16(4-2)14(10-5-6-11-14)13(15)12-8-7-9-12/h12-13H,3-11,15H2,1-2H3. The van der Waals surface area contributed by atoms with E-state index < -0.39 is 0 Å². The highest BCUT2D eigenvalue weighted by atomic mass is 15.2. The maximum atomic E-state index is 6.63. The zero-order valence-corrected chi connectivity index (χ0v) is 11.0. The van der Waals surface area contributed by atoms with Gasteiger partial charge >= 0.3 is 0 Å². The van der Waals surface area contributed by atoms with Crippen molar-refractivity contribution in [2.24, 2.45) is 11.7 Å². The normalized spacial score (nSPS) is 27.0. The summed E-state index contributed by atoms with van der Waals surface area (Å²) < 4.78 is 0. The van der Waals surface area contributed by atoms with Crippen LogP contribution in [0.2, 0.25) is 0 Å². The molecule has 1 atom stereocenters. The molecule has 0 aliphatic heterocycles. The quantitative estimate of drug-likeness (QED) is 0.778. The van der Waals surface area contributed by atoms with Crippen LogP contribution in [0, 0.1) is 5.92 Å². The molecule has 0 spiro atoms. The van der Waals surface area contributed by atoms with Gasteiger partial charge in [-0.2, -0.15) is 0 Å². The van der Waals surface area contributed by atoms with Crippen LogP contribution < -0.4 is 5.73 Å². The lowest BCUT2D eigenvalue weighted by molar-refractivity contribution is 0.0372. The summed E-state index contributed by atoms with van der Waals surface area (Å²) >= 11 is 0. The van der Waals surface area contributed by atoms with E-state index in [1.54, 1.807) is 0 Å². The summed E-state index contributed by atoms with van der Waals surface area (Å²) in [6.45, 7) is 6.90. The van der Waals surface area contributed by atoms with Crippen molar-refractivity contribution in [3.05, 3.63) is 0 Å². The van der Waals surface area contributed by atoms with E-state index in [9.17, 15) is 0 Å². The van der Waals surface area contributed by atoms with Crippen molar-refractivity contribution in [3.8, 4) is 0 Å². The summed E-state index contributed by atoms with van der Waals surface area (Å²) in [5.74, 6) is 0.818. The summed E-state index contributed by atoms with van der Waals surface area (Å²) in [4.78, 5) is 2.66. The fraction of sp³-hybridized carbons (Fsp3) is 1.00. The smallest absolute Gasteiger partial charge is 0.0362 e. The Balaban J connectivity index is 2.12. The second kappa shape index (κ2) is 5.05. The van der Waals surface area contributed by atoms with Crippen LogP contribution in [0.3, 0.4) is 0 Å². The molecule has 0 amide bonds. The fourth-order valence-corrected chi connectivity index (χ4v) is 3.94. The first-order valence-corrected chi connectivity index (χ1v) is 7.25. The molecule has 16 heavy (non-hydrogen) atoms. The third-order valence-corrected chi connectivity index (χ3v) is 5.14. The van der Waals surface area contributed by atoms with Crippen LogP contribution in [0.25, 0.3) is 0 Å². The van der Waals surface area contributed by atoms with Crippen molar-refractivity contribution in [3.63, 3.8) is 0 Å². The molecular weight excluding hydrogens is 196 g/mol. The van der Waals surface area contributed by atoms with Crippen molar-refractivity contribution < 1.29 is 0 Å². The first-order valence-electron chi connectivity index (χ1n) is 7.25. The van der Waals surface area contributed by atoms with Crippen molar-refractivity contribution in [1.82, 2.24) is 4.90 Å². The third-order valence-electron chi connectivity index (χ3n) is 5.14. The number of hydrogen-bond donors (Lipinski definition) is 1. The van der Waals surface area contributed by atoms with E-state index in [-0.39, 0.29) is 0 Å². The van der Waals surface area contributed by atoms with Gasteiger partial charge in [0, 0.05) is 11.6 Å². The second-order valence-corrected chi connectivity index (χ2v) is 5.70. The molecule has 94 valence electrons. The summed E-state index contributed by atoms with van der Waals surface area (Å²) in [6, 6.07) is 0.434. The van der Waals surface area contributed by atoms with E-state index in [2.05, 4.69) is 18.7 Å². The number of nitrogens with zero attached hydrogens (tertiary/aromatic N) is 1. The van der Waals surface area contributed by atoms with Crippen molar-refractivity contribution >= 4 is 0 Å². The van der Waals surface area contributed by atoms with Crippen molar-refractivity contribution in [2.75, 3.05) is 13.1 Å². The van der Waals surface area contributed by atoms with Crippen LogP contribution in [0.15, 0.2) is 0 Å². The molecule has 2 fully saturated rings. The predicted octanol–water partition coefficient (Wildman–Crippen LogP) is 2.77. The number of hydrogen-bond acceptors (Lipinski definition) is 2. The van der Waals surface area contributed by atoms with E-state index in [1.165, 1.54) is 44.9 Å². The zero-order valence-electron chi connectivity index (χ0n) is 11.0. The molecule has 2 rings (SSSR count). The summed E-state index contributed by atoms with van der Waals surface area (Å²) in [5, 5.41) is 0. The third kappa shape index (κ3) is 1.91. The van der Waals surface area contributed by atoms with Gasteiger partial charge in [-0.25, -0.2) is 0 Å². The Morgan fingerprint density at radius 3 is 2.06 bits per heavy atom. The molecule has 0 aromatic rings. The van der Waals surface area contributed by atoms with Gasteiger partial charge < -0.3 is 5.73 Å². The average Bonchev–Trinajstić information content (AvgIpc) is 2.67. The minimum atomic E-state index is 0.356. The molecule has 0 bridgehead atoms. The molecule has 2 N–H and O–H groups in total. The molecule has 0 saturated heterocycles. The molecule has 2 nitrogen and oxygen atoms in total. The van der Waals surface area contributed by atoms with Gasteiger partial charge in [-0.3, -0.25) is 4.90 Å². The Morgan fingerprint density at radius 1 is 1.12 bits per heavy atom. The molecular formula is C14H28N2. The van der Waals surface area contributed by atoms with Crippen molar-refractivity contribution in [2.45, 2.75) is 70.4 Å². The minimum absolute atomic E-state index is 0.356. The lowest BCUT2D eigenvalue weighted by Gasteiger charge is -2.49. The first-order chi connectivity index (χ1) is 7.74. The van der Waals surface area contributed by atoms with E-state index >= 15 is 0 Å². The monoisotopic (exact) mass is 224 g/mol. The highest BCUT2D eigenvalue weighted by Crippen LogP contribution is 2.43. The van der Waals surface area contributed by atoms with E-state index in [0.717, 1.165) is 19.0 Å². The Labute approximate surface area is 101 Å². The van der Waals surface area contributed by atoms with E-state index in [4.69, 9.17) is 5.73 Å². The second-order valence-electron chi connectivity index (χ2n) is 5.70. The number of nitrogens with two attached hydrogens (primary N) is 1. The average molecular weight is 224 g/mol. The SMILES string of the molecule is CCN(CC)C1(C(N)C2CCC2)CCCC1. The maximum Gasteiger partial charge on any atom is 0.0362 e. The lowest BCUT2D eigenvalue weighted by atomic mass is 9.70. The van der Waals surface area contributed by atoms with Gasteiger partial charge in [0.05, 0.1) is 0 Å². The van der Waals surface area contributed by atoms with Crippen LogP contribution >= 0.6 is 0 Å². The predicted molar refractivity (Wildman–Crippen MR) is 69.4 cm³/mol. The fourth-order valence-electron chi connectivity index (χ4n) is 3.94. The highest BCUT2D eigenvalue weighted by Gasteiger charge is 2.47. The minimum Gasteiger partial charge on any atom is -0.326 e. The van der Waals surface area contributed by atoms with Crippen LogP contribution in [-0.2, 0) is 0 Å². The molecule has 1 unspecified atom stereocenters. The van der Waals surface area contributed by atoms with Crippen LogP contribution in [0.1, 0.15) is 58.8 Å². The number of likely N-dealkylation sites (N-methyl/N-ethyl adjacent to an activating group) is 1. The largest absolute Gasteiger partial charge is 0.326 e. The van der Waals surface area contributed by atoms with Crippen molar-refractivity contribution in [1.29, 1.82) is 0 Å². The van der Waals surface area contributed by atoms with Crippen LogP contribution in [-0.4, -0.2) is 29.6 Å². The zero-order chi connectivity index (χ0) is 11.6. The molecule has 2 aliphatic carbocycles. The Kier molecular flexibility index (Phi) is 3.91. The Bertz CT molecular complexity index is 213. The molecule has 0 radical (unpaired) electrons. The molecule has 2 saturated carbocycles. The van der Waals surface area contributed by atoms with Gasteiger partial charge in [-0.1, -0.05) is 33.1 Å². The van der Waals surface area contributed by atoms with E-state index in [0.29, 0.717) is 11.6 Å². The summed E-state index contributed by atoms with van der Waals surface area (Å²) in [6.07, 6.45) is 9.62. The summed E-state index contributed by atoms with van der Waals surface area (Å²) in [7, 11) is 0. The summed E-state index contributed by atoms with van der Waals surface area (Å²) in [5.41, 5.74) is 6.99. The topological polar surface area (TPSA) is 29.3 Å².